The molecule has 0 spiro atoms. The maximum atomic E-state index is 5.36. The average molecular weight is 376 g/mol. The van der Waals surface area contributed by atoms with Crippen LogP contribution in [0.4, 0.5) is 0 Å². The van der Waals surface area contributed by atoms with Crippen molar-refractivity contribution in [3.63, 3.8) is 0 Å². The summed E-state index contributed by atoms with van der Waals surface area (Å²) in [4.78, 5) is 4.27. The van der Waals surface area contributed by atoms with Gasteiger partial charge in [0.25, 0.3) is 0 Å². The van der Waals surface area contributed by atoms with Gasteiger partial charge in [-0.15, -0.1) is 0 Å². The standard InChI is InChI=1S/C18H22BrN3O/c1-13-10-16(19)9-8-14(13)11-21-18(20-2)22-12-15-6-4-5-7-17(15)23-3/h4-10H,11-12H2,1-3H3,(H2,20,21,22). The molecule has 0 fully saturated rings. The summed E-state index contributed by atoms with van der Waals surface area (Å²) in [6, 6.07) is 14.2. The monoisotopic (exact) mass is 375 g/mol. The van der Waals surface area contributed by atoms with E-state index >= 15 is 0 Å². The van der Waals surface area contributed by atoms with Gasteiger partial charge in [0.15, 0.2) is 5.96 Å². The Morgan fingerprint density at radius 1 is 1.09 bits per heavy atom. The number of nitrogens with zero attached hydrogens (tertiary/aromatic N) is 1. The number of aliphatic imine (C=N–C) groups is 1. The number of methoxy groups -OCH3 is 1. The molecule has 122 valence electrons. The third kappa shape index (κ3) is 4.99. The van der Waals surface area contributed by atoms with E-state index in [1.807, 2.05) is 24.3 Å². The van der Waals surface area contributed by atoms with E-state index in [0.29, 0.717) is 6.54 Å². The summed E-state index contributed by atoms with van der Waals surface area (Å²) in [5.74, 6) is 1.64. The zero-order valence-corrected chi connectivity index (χ0v) is 15.3. The number of nitrogens with one attached hydrogen (secondary N) is 2. The molecular formula is C18H22BrN3O. The number of halogens is 1. The Balaban J connectivity index is 1.93. The second-order valence-electron chi connectivity index (χ2n) is 5.16. The maximum Gasteiger partial charge on any atom is 0.191 e. The van der Waals surface area contributed by atoms with Gasteiger partial charge in [0.2, 0.25) is 0 Å². The lowest BCUT2D eigenvalue weighted by molar-refractivity contribution is 0.409. The molecule has 0 amide bonds. The molecule has 0 aromatic heterocycles. The van der Waals surface area contributed by atoms with Crippen molar-refractivity contribution in [1.82, 2.24) is 10.6 Å². The zero-order chi connectivity index (χ0) is 16.7. The van der Waals surface area contributed by atoms with Gasteiger partial charge in [-0.2, -0.15) is 0 Å². The topological polar surface area (TPSA) is 45.7 Å². The molecule has 0 aliphatic rings. The van der Waals surface area contributed by atoms with Gasteiger partial charge in [0.05, 0.1) is 7.11 Å². The van der Waals surface area contributed by atoms with Crippen molar-refractivity contribution < 1.29 is 4.74 Å². The lowest BCUT2D eigenvalue weighted by Crippen LogP contribution is -2.36. The smallest absolute Gasteiger partial charge is 0.191 e. The molecule has 23 heavy (non-hydrogen) atoms. The number of ether oxygens (including phenoxy) is 1. The highest BCUT2D eigenvalue weighted by Gasteiger charge is 2.04. The van der Waals surface area contributed by atoms with E-state index in [-0.39, 0.29) is 0 Å². The minimum absolute atomic E-state index is 0.656. The highest BCUT2D eigenvalue weighted by molar-refractivity contribution is 9.10. The van der Waals surface area contributed by atoms with Crippen molar-refractivity contribution in [2.45, 2.75) is 20.0 Å². The molecule has 0 unspecified atom stereocenters. The van der Waals surface area contributed by atoms with Crippen molar-refractivity contribution in [1.29, 1.82) is 0 Å². The number of para-hydroxylation sites is 1. The number of benzene rings is 2. The van der Waals surface area contributed by atoms with E-state index in [9.17, 15) is 0 Å². The molecule has 2 aromatic carbocycles. The second kappa shape index (κ2) is 8.58. The van der Waals surface area contributed by atoms with Crippen LogP contribution in [0.15, 0.2) is 51.9 Å². The quantitative estimate of drug-likeness (QED) is 0.619. The van der Waals surface area contributed by atoms with Crippen LogP contribution in [0.5, 0.6) is 5.75 Å². The molecular weight excluding hydrogens is 354 g/mol. The predicted molar refractivity (Wildman–Crippen MR) is 98.9 cm³/mol. The molecule has 0 heterocycles. The first-order valence-corrected chi connectivity index (χ1v) is 8.24. The van der Waals surface area contributed by atoms with Crippen molar-refractivity contribution in [3.8, 4) is 5.75 Å². The zero-order valence-electron chi connectivity index (χ0n) is 13.7. The molecule has 4 nitrogen and oxygen atoms in total. The Bertz CT molecular complexity index is 686. The van der Waals surface area contributed by atoms with E-state index in [2.05, 4.69) is 56.7 Å². The summed E-state index contributed by atoms with van der Waals surface area (Å²) in [5.41, 5.74) is 3.58. The number of hydrogen-bond acceptors (Lipinski definition) is 2. The van der Waals surface area contributed by atoms with Crippen LogP contribution in [-0.2, 0) is 13.1 Å². The third-order valence-electron chi connectivity index (χ3n) is 3.61. The summed E-state index contributed by atoms with van der Waals surface area (Å²) in [5, 5.41) is 6.65. The first-order valence-electron chi connectivity index (χ1n) is 7.45. The molecule has 0 aliphatic carbocycles. The van der Waals surface area contributed by atoms with Crippen LogP contribution in [0.1, 0.15) is 16.7 Å². The predicted octanol–water partition coefficient (Wildman–Crippen LogP) is 3.63. The van der Waals surface area contributed by atoms with Gasteiger partial charge in [-0.05, 0) is 36.2 Å². The van der Waals surface area contributed by atoms with E-state index in [0.717, 1.165) is 28.3 Å². The summed E-state index contributed by atoms with van der Waals surface area (Å²) in [6.07, 6.45) is 0. The van der Waals surface area contributed by atoms with Crippen molar-refractivity contribution in [2.75, 3.05) is 14.2 Å². The fourth-order valence-electron chi connectivity index (χ4n) is 2.29. The fraction of sp³-hybridized carbons (Fsp3) is 0.278. The van der Waals surface area contributed by atoms with Gasteiger partial charge >= 0.3 is 0 Å². The normalized spacial score (nSPS) is 11.2. The average Bonchev–Trinajstić information content (AvgIpc) is 2.56. The van der Waals surface area contributed by atoms with Crippen LogP contribution >= 0.6 is 15.9 Å². The van der Waals surface area contributed by atoms with E-state index in [1.54, 1.807) is 14.2 Å². The molecule has 0 saturated carbocycles. The molecule has 2 rings (SSSR count). The van der Waals surface area contributed by atoms with Crippen LogP contribution in [0.3, 0.4) is 0 Å². The number of aryl methyl sites for hydroxylation is 1. The molecule has 0 saturated heterocycles. The molecule has 0 bridgehead atoms. The Morgan fingerprint density at radius 2 is 1.78 bits per heavy atom. The van der Waals surface area contributed by atoms with Gasteiger partial charge in [0.1, 0.15) is 5.75 Å². The number of hydrogen-bond donors (Lipinski definition) is 2. The SMILES string of the molecule is CN=C(NCc1ccc(Br)cc1C)NCc1ccccc1OC. The summed E-state index contributed by atoms with van der Waals surface area (Å²) < 4.78 is 6.46. The minimum Gasteiger partial charge on any atom is -0.496 e. The largest absolute Gasteiger partial charge is 0.496 e. The summed E-state index contributed by atoms with van der Waals surface area (Å²) >= 11 is 3.49. The summed E-state index contributed by atoms with van der Waals surface area (Å²) in [6.45, 7) is 3.49. The van der Waals surface area contributed by atoms with Gasteiger partial charge in [0, 0.05) is 30.2 Å². The first-order chi connectivity index (χ1) is 11.1. The highest BCUT2D eigenvalue weighted by Crippen LogP contribution is 2.17. The minimum atomic E-state index is 0.656. The van der Waals surface area contributed by atoms with E-state index < -0.39 is 0 Å². The maximum absolute atomic E-state index is 5.36. The van der Waals surface area contributed by atoms with E-state index in [1.165, 1.54) is 11.1 Å². The molecule has 5 heteroatoms. The van der Waals surface area contributed by atoms with Crippen LogP contribution in [0, 0.1) is 6.92 Å². The van der Waals surface area contributed by atoms with Crippen molar-refractivity contribution >= 4 is 21.9 Å². The van der Waals surface area contributed by atoms with Crippen LogP contribution in [-0.4, -0.2) is 20.1 Å². The van der Waals surface area contributed by atoms with Crippen molar-refractivity contribution in [3.05, 3.63) is 63.6 Å². The Kier molecular flexibility index (Phi) is 6.47. The van der Waals surface area contributed by atoms with Gasteiger partial charge in [-0.3, -0.25) is 4.99 Å². The van der Waals surface area contributed by atoms with Gasteiger partial charge < -0.3 is 15.4 Å². The van der Waals surface area contributed by atoms with E-state index in [4.69, 9.17) is 4.74 Å². The van der Waals surface area contributed by atoms with Crippen LogP contribution < -0.4 is 15.4 Å². The van der Waals surface area contributed by atoms with Crippen LogP contribution in [0.25, 0.3) is 0 Å². The third-order valence-corrected chi connectivity index (χ3v) is 4.11. The number of rotatable bonds is 5. The number of guanidine groups is 1. The Labute approximate surface area is 146 Å². The molecule has 0 atom stereocenters. The highest BCUT2D eigenvalue weighted by atomic mass is 79.9. The van der Waals surface area contributed by atoms with Crippen molar-refractivity contribution in [2.24, 2.45) is 4.99 Å². The van der Waals surface area contributed by atoms with Crippen LogP contribution in [0.2, 0.25) is 0 Å². The first kappa shape index (κ1) is 17.3. The Hall–Kier alpha value is -2.01. The van der Waals surface area contributed by atoms with Gasteiger partial charge in [-0.1, -0.05) is 40.2 Å². The van der Waals surface area contributed by atoms with Gasteiger partial charge in [-0.25, -0.2) is 0 Å². The lowest BCUT2D eigenvalue weighted by Gasteiger charge is -2.14. The Morgan fingerprint density at radius 3 is 2.43 bits per heavy atom. The molecule has 2 aromatic rings. The second-order valence-corrected chi connectivity index (χ2v) is 6.08. The summed E-state index contributed by atoms with van der Waals surface area (Å²) in [7, 11) is 3.45. The fourth-order valence-corrected chi connectivity index (χ4v) is 2.76. The molecule has 0 aliphatic heterocycles. The molecule has 0 radical (unpaired) electrons. The molecule has 2 N–H and O–H groups in total. The lowest BCUT2D eigenvalue weighted by atomic mass is 10.1.